The van der Waals surface area contributed by atoms with Crippen LogP contribution in [0.4, 0.5) is 0 Å². The molecule has 1 amide bonds. The summed E-state index contributed by atoms with van der Waals surface area (Å²) in [6.45, 7) is 2.00. The predicted octanol–water partition coefficient (Wildman–Crippen LogP) is 4.96. The van der Waals surface area contributed by atoms with Gasteiger partial charge in [0.15, 0.2) is 0 Å². The van der Waals surface area contributed by atoms with E-state index < -0.39 is 0 Å². The first kappa shape index (κ1) is 19.0. The molecule has 1 N–H and O–H groups in total. The van der Waals surface area contributed by atoms with Crippen LogP contribution in [-0.2, 0) is 11.2 Å². The molecule has 0 spiro atoms. The topological polar surface area (TPSA) is 54.9 Å². The molecule has 4 rings (SSSR count). The van der Waals surface area contributed by atoms with Gasteiger partial charge in [-0.2, -0.15) is 0 Å². The van der Waals surface area contributed by atoms with Crippen molar-refractivity contribution in [1.29, 1.82) is 0 Å². The van der Waals surface area contributed by atoms with Crippen LogP contribution in [0, 0.1) is 6.92 Å². The Balaban J connectivity index is 1.48. The zero-order valence-corrected chi connectivity index (χ0v) is 16.9. The summed E-state index contributed by atoms with van der Waals surface area (Å²) in [5.41, 5.74) is 5.07. The minimum absolute atomic E-state index is 0.0204. The van der Waals surface area contributed by atoms with Crippen LogP contribution in [0.1, 0.15) is 27.7 Å². The summed E-state index contributed by atoms with van der Waals surface area (Å²) >= 11 is 1.64. The second-order valence-electron chi connectivity index (χ2n) is 6.82. The maximum Gasteiger partial charge on any atom is 0.225 e. The van der Waals surface area contributed by atoms with Gasteiger partial charge in [0.05, 0.1) is 23.2 Å². The molecule has 0 aliphatic rings. The van der Waals surface area contributed by atoms with E-state index in [9.17, 15) is 4.79 Å². The van der Waals surface area contributed by atoms with Crippen LogP contribution in [0.25, 0.3) is 11.3 Å². The Labute approximate surface area is 174 Å². The molecule has 4 nitrogen and oxygen atoms in total. The van der Waals surface area contributed by atoms with Crippen LogP contribution < -0.4 is 5.32 Å². The maximum atomic E-state index is 12.8. The molecule has 1 atom stereocenters. The van der Waals surface area contributed by atoms with Gasteiger partial charge in [0.2, 0.25) is 5.91 Å². The molecule has 0 saturated carbocycles. The number of carbonyl (C=O) groups excluding carboxylic acids is 1. The van der Waals surface area contributed by atoms with Gasteiger partial charge in [0.25, 0.3) is 0 Å². The number of aryl methyl sites for hydroxylation is 1. The molecule has 2 heterocycles. The van der Waals surface area contributed by atoms with Gasteiger partial charge in [-0.05, 0) is 35.7 Å². The lowest BCUT2D eigenvalue weighted by Gasteiger charge is -2.20. The summed E-state index contributed by atoms with van der Waals surface area (Å²) in [6.07, 6.45) is 3.82. The van der Waals surface area contributed by atoms with Crippen LogP contribution in [0.15, 0.2) is 84.5 Å². The molecule has 4 aromatic rings. The molecular formula is C24H21N3OS. The number of hydrogen-bond donors (Lipinski definition) is 1. The summed E-state index contributed by atoms with van der Waals surface area (Å²) in [5, 5.41) is 6.27. The number of hydrogen-bond acceptors (Lipinski definition) is 4. The van der Waals surface area contributed by atoms with Gasteiger partial charge in [-0.15, -0.1) is 11.3 Å². The molecule has 0 aliphatic carbocycles. The number of thiazole rings is 1. The summed E-state index contributed by atoms with van der Waals surface area (Å²) < 4.78 is 0. The van der Waals surface area contributed by atoms with E-state index in [1.807, 2.05) is 73.7 Å². The highest BCUT2D eigenvalue weighted by molar-refractivity contribution is 7.09. The number of amides is 1. The molecular weight excluding hydrogens is 378 g/mol. The molecule has 0 aliphatic heterocycles. The lowest BCUT2D eigenvalue weighted by molar-refractivity contribution is -0.120. The van der Waals surface area contributed by atoms with Crippen molar-refractivity contribution in [1.82, 2.24) is 15.3 Å². The molecule has 0 fully saturated rings. The maximum absolute atomic E-state index is 12.8. The summed E-state index contributed by atoms with van der Waals surface area (Å²) in [4.78, 5) is 21.4. The van der Waals surface area contributed by atoms with Crippen molar-refractivity contribution in [3.8, 4) is 11.3 Å². The molecule has 5 heteroatoms. The molecule has 144 valence electrons. The Kier molecular flexibility index (Phi) is 5.77. The SMILES string of the molecule is Cc1nc(-c2ccc(CC(=O)NC(c3ccccc3)c3ccncc3)cc2)cs1. The zero-order valence-electron chi connectivity index (χ0n) is 16.1. The van der Waals surface area contributed by atoms with Gasteiger partial charge in [-0.3, -0.25) is 9.78 Å². The van der Waals surface area contributed by atoms with Gasteiger partial charge in [0.1, 0.15) is 0 Å². The molecule has 2 aromatic heterocycles. The van der Waals surface area contributed by atoms with Crippen LogP contribution >= 0.6 is 11.3 Å². The van der Waals surface area contributed by atoms with E-state index in [1.54, 1.807) is 23.7 Å². The van der Waals surface area contributed by atoms with Crippen molar-refractivity contribution in [2.75, 3.05) is 0 Å². The van der Waals surface area contributed by atoms with E-state index in [2.05, 4.69) is 20.7 Å². The van der Waals surface area contributed by atoms with Crippen LogP contribution in [0.5, 0.6) is 0 Å². The van der Waals surface area contributed by atoms with Gasteiger partial charge in [-0.25, -0.2) is 4.98 Å². The Morgan fingerprint density at radius 1 is 0.966 bits per heavy atom. The van der Waals surface area contributed by atoms with E-state index in [-0.39, 0.29) is 11.9 Å². The van der Waals surface area contributed by atoms with Gasteiger partial charge in [0, 0.05) is 23.3 Å². The van der Waals surface area contributed by atoms with Crippen molar-refractivity contribution in [3.05, 3.63) is 106 Å². The number of benzene rings is 2. The van der Waals surface area contributed by atoms with Gasteiger partial charge < -0.3 is 5.32 Å². The van der Waals surface area contributed by atoms with E-state index in [1.165, 1.54) is 0 Å². The third kappa shape index (κ3) is 4.76. The van der Waals surface area contributed by atoms with Gasteiger partial charge in [-0.1, -0.05) is 54.6 Å². The Morgan fingerprint density at radius 3 is 2.31 bits per heavy atom. The summed E-state index contributed by atoms with van der Waals surface area (Å²) in [6, 6.07) is 21.7. The lowest BCUT2D eigenvalue weighted by Crippen LogP contribution is -2.30. The fraction of sp³-hybridized carbons (Fsp3) is 0.125. The minimum Gasteiger partial charge on any atom is -0.345 e. The third-order valence-corrected chi connectivity index (χ3v) is 5.48. The molecule has 1 unspecified atom stereocenters. The molecule has 0 bridgehead atoms. The highest BCUT2D eigenvalue weighted by Crippen LogP contribution is 2.23. The Hall–Kier alpha value is -3.31. The fourth-order valence-corrected chi connectivity index (χ4v) is 3.87. The zero-order chi connectivity index (χ0) is 20.1. The van der Waals surface area contributed by atoms with E-state index >= 15 is 0 Å². The van der Waals surface area contributed by atoms with Crippen LogP contribution in [0.2, 0.25) is 0 Å². The normalized spacial score (nSPS) is 11.8. The first-order chi connectivity index (χ1) is 14.2. The van der Waals surface area contributed by atoms with E-state index in [0.29, 0.717) is 6.42 Å². The monoisotopic (exact) mass is 399 g/mol. The average Bonchev–Trinajstić information content (AvgIpc) is 3.20. The molecule has 0 saturated heterocycles. The van der Waals surface area contributed by atoms with Crippen LogP contribution in [-0.4, -0.2) is 15.9 Å². The molecule has 29 heavy (non-hydrogen) atoms. The quantitative estimate of drug-likeness (QED) is 0.498. The van der Waals surface area contributed by atoms with Crippen LogP contribution in [0.3, 0.4) is 0 Å². The number of nitrogens with one attached hydrogen (secondary N) is 1. The first-order valence-electron chi connectivity index (χ1n) is 9.45. The Bertz CT molecular complexity index is 1040. The highest BCUT2D eigenvalue weighted by Gasteiger charge is 2.17. The van der Waals surface area contributed by atoms with Crippen molar-refractivity contribution in [2.45, 2.75) is 19.4 Å². The van der Waals surface area contributed by atoms with Crippen molar-refractivity contribution in [3.63, 3.8) is 0 Å². The lowest BCUT2D eigenvalue weighted by atomic mass is 9.99. The number of pyridine rings is 1. The van der Waals surface area contributed by atoms with E-state index in [0.717, 1.165) is 33.0 Å². The summed E-state index contributed by atoms with van der Waals surface area (Å²) in [5.74, 6) is -0.0204. The first-order valence-corrected chi connectivity index (χ1v) is 10.3. The number of carbonyl (C=O) groups is 1. The van der Waals surface area contributed by atoms with E-state index in [4.69, 9.17) is 0 Å². The number of nitrogens with zero attached hydrogens (tertiary/aromatic N) is 2. The second kappa shape index (κ2) is 8.80. The van der Waals surface area contributed by atoms with Crippen molar-refractivity contribution in [2.24, 2.45) is 0 Å². The fourth-order valence-electron chi connectivity index (χ4n) is 3.25. The van der Waals surface area contributed by atoms with Crippen molar-refractivity contribution < 1.29 is 4.79 Å². The largest absolute Gasteiger partial charge is 0.345 e. The smallest absolute Gasteiger partial charge is 0.225 e. The third-order valence-electron chi connectivity index (χ3n) is 4.71. The average molecular weight is 400 g/mol. The second-order valence-corrected chi connectivity index (χ2v) is 7.88. The summed E-state index contributed by atoms with van der Waals surface area (Å²) in [7, 11) is 0. The number of rotatable bonds is 6. The highest BCUT2D eigenvalue weighted by atomic mass is 32.1. The minimum atomic E-state index is -0.205. The predicted molar refractivity (Wildman–Crippen MR) is 117 cm³/mol. The number of aromatic nitrogens is 2. The Morgan fingerprint density at radius 2 is 1.66 bits per heavy atom. The molecule has 2 aromatic carbocycles. The van der Waals surface area contributed by atoms with Gasteiger partial charge >= 0.3 is 0 Å². The molecule has 0 radical (unpaired) electrons. The van der Waals surface area contributed by atoms with Crippen molar-refractivity contribution >= 4 is 17.2 Å². The standard InChI is InChI=1S/C24H21N3OS/c1-17-26-22(16-29-17)19-9-7-18(8-10-19)15-23(28)27-24(20-5-3-2-4-6-20)21-11-13-25-14-12-21/h2-14,16,24H,15H2,1H3,(H,27,28).